The van der Waals surface area contributed by atoms with E-state index < -0.39 is 17.9 Å². The van der Waals surface area contributed by atoms with Crippen LogP contribution in [0, 0.1) is 0 Å². The first-order valence-electron chi connectivity index (χ1n) is 10.8. The Morgan fingerprint density at radius 3 is 2.64 bits per heavy atom. The number of methoxy groups -OCH3 is 1. The second-order valence-corrected chi connectivity index (χ2v) is 7.85. The zero-order valence-electron chi connectivity index (χ0n) is 19.3. The molecule has 3 aromatic rings. The van der Waals surface area contributed by atoms with Crippen molar-refractivity contribution >= 4 is 41.5 Å². The molecule has 0 aliphatic heterocycles. The summed E-state index contributed by atoms with van der Waals surface area (Å²) < 4.78 is 5.17. The Kier molecular flexibility index (Phi) is 9.46. The maximum absolute atomic E-state index is 12.9. The zero-order valence-corrected chi connectivity index (χ0v) is 20.0. The number of carbonyl (C=O) groups is 3. The fourth-order valence-corrected chi connectivity index (χ4v) is 3.33. The lowest BCUT2D eigenvalue weighted by atomic mass is 10.2. The van der Waals surface area contributed by atoms with Gasteiger partial charge in [0, 0.05) is 31.6 Å². The molecule has 4 N–H and O–H groups in total. The number of nitrogens with zero attached hydrogens (tertiary/aromatic N) is 4. The van der Waals surface area contributed by atoms with Crippen LogP contribution in [0.5, 0.6) is 5.75 Å². The van der Waals surface area contributed by atoms with Crippen molar-refractivity contribution in [1.29, 1.82) is 0 Å². The molecule has 0 saturated carbocycles. The van der Waals surface area contributed by atoms with Gasteiger partial charge in [-0.2, -0.15) is 4.98 Å². The monoisotopic (exact) mass is 513 g/mol. The minimum absolute atomic E-state index is 0.0502. The number of aldehydes is 1. The number of hydrogen-bond donors (Lipinski definition) is 4. The van der Waals surface area contributed by atoms with Crippen LogP contribution in [0.4, 0.5) is 11.8 Å². The quantitative estimate of drug-likeness (QED) is 0.247. The second-order valence-electron chi connectivity index (χ2n) is 7.45. The summed E-state index contributed by atoms with van der Waals surface area (Å²) in [6.07, 6.45) is 4.87. The van der Waals surface area contributed by atoms with Gasteiger partial charge in [0.05, 0.1) is 24.7 Å². The fraction of sp³-hybridized carbons (Fsp3) is 0.261. The van der Waals surface area contributed by atoms with Crippen molar-refractivity contribution in [2.75, 3.05) is 17.7 Å². The summed E-state index contributed by atoms with van der Waals surface area (Å²) in [5.41, 5.74) is 0.939. The topological polar surface area (TPSA) is 168 Å². The van der Waals surface area contributed by atoms with Gasteiger partial charge in [-0.25, -0.2) is 15.0 Å². The number of nitrogens with one attached hydrogen (secondary N) is 3. The summed E-state index contributed by atoms with van der Waals surface area (Å²) in [4.78, 5) is 51.7. The molecule has 0 unspecified atom stereocenters. The van der Waals surface area contributed by atoms with Crippen LogP contribution in [-0.4, -0.2) is 56.4 Å². The van der Waals surface area contributed by atoms with Crippen LogP contribution in [0.2, 0.25) is 5.02 Å². The first-order chi connectivity index (χ1) is 17.4. The standard InChI is InChI=1S/C23H24ClN7O5/c1-36-18-5-3-14(9-17(18)24)10-27-21-16(22(35)28-12-19-25-7-2-8-26-19)11-29-23(31-21)30-15(13-32)4-6-20(33)34/h2-3,5,7-9,11,13,15H,4,6,10,12H2,1H3,(H,28,35)(H,33,34)(H2,27,29,30,31)/t15-/m0/s1. The molecule has 0 saturated heterocycles. The van der Waals surface area contributed by atoms with Crippen molar-refractivity contribution in [2.45, 2.75) is 32.0 Å². The van der Waals surface area contributed by atoms with E-state index in [-0.39, 0.29) is 43.3 Å². The van der Waals surface area contributed by atoms with Crippen molar-refractivity contribution < 1.29 is 24.2 Å². The molecule has 2 aromatic heterocycles. The highest BCUT2D eigenvalue weighted by Crippen LogP contribution is 2.25. The first kappa shape index (κ1) is 26.3. The lowest BCUT2D eigenvalue weighted by molar-refractivity contribution is -0.137. The van der Waals surface area contributed by atoms with Gasteiger partial charge in [0.1, 0.15) is 29.2 Å². The van der Waals surface area contributed by atoms with Gasteiger partial charge in [-0.1, -0.05) is 17.7 Å². The number of aliphatic carboxylic acids is 1. The molecule has 2 heterocycles. The third-order valence-corrected chi connectivity index (χ3v) is 5.18. The van der Waals surface area contributed by atoms with Gasteiger partial charge in [0.25, 0.3) is 5.91 Å². The number of amides is 1. The van der Waals surface area contributed by atoms with Gasteiger partial charge in [-0.05, 0) is 30.2 Å². The Labute approximate surface area is 211 Å². The summed E-state index contributed by atoms with van der Waals surface area (Å²) in [5, 5.41) is 17.9. The van der Waals surface area contributed by atoms with E-state index in [0.29, 0.717) is 22.9 Å². The van der Waals surface area contributed by atoms with E-state index in [1.807, 2.05) is 0 Å². The molecule has 12 nitrogen and oxygen atoms in total. The Hall–Kier alpha value is -4.32. The number of carboxylic acids is 1. The van der Waals surface area contributed by atoms with Crippen molar-refractivity contribution in [3.63, 3.8) is 0 Å². The molecule has 1 aromatic carbocycles. The number of halogens is 1. The average molecular weight is 514 g/mol. The van der Waals surface area contributed by atoms with Crippen LogP contribution in [-0.2, 0) is 22.7 Å². The van der Waals surface area contributed by atoms with E-state index in [9.17, 15) is 14.4 Å². The molecule has 0 spiro atoms. The van der Waals surface area contributed by atoms with Gasteiger partial charge in [-0.3, -0.25) is 9.59 Å². The number of carbonyl (C=O) groups excluding carboxylic acids is 2. The van der Waals surface area contributed by atoms with Crippen LogP contribution >= 0.6 is 11.6 Å². The minimum atomic E-state index is -1.03. The number of anilines is 2. The first-order valence-corrected chi connectivity index (χ1v) is 11.2. The minimum Gasteiger partial charge on any atom is -0.495 e. The summed E-state index contributed by atoms with van der Waals surface area (Å²) in [6.45, 7) is 0.355. The molecule has 13 heteroatoms. The molecule has 0 bridgehead atoms. The smallest absolute Gasteiger partial charge is 0.303 e. The van der Waals surface area contributed by atoms with Crippen LogP contribution in [0.25, 0.3) is 0 Å². The van der Waals surface area contributed by atoms with Gasteiger partial charge in [-0.15, -0.1) is 0 Å². The van der Waals surface area contributed by atoms with Crippen molar-refractivity contribution in [3.8, 4) is 5.75 Å². The Morgan fingerprint density at radius 2 is 1.97 bits per heavy atom. The second kappa shape index (κ2) is 13.0. The highest BCUT2D eigenvalue weighted by atomic mass is 35.5. The predicted octanol–water partition coefficient (Wildman–Crippen LogP) is 2.31. The molecular weight excluding hydrogens is 490 g/mol. The highest BCUT2D eigenvalue weighted by Gasteiger charge is 2.18. The SMILES string of the molecule is COc1ccc(CNc2nc(N[C@H](C=O)CCC(=O)O)ncc2C(=O)NCc2ncccn2)cc1Cl. The maximum Gasteiger partial charge on any atom is 0.303 e. The average Bonchev–Trinajstić information content (AvgIpc) is 2.89. The number of carboxylic acid groups (broad SMARTS) is 1. The maximum atomic E-state index is 12.9. The van der Waals surface area contributed by atoms with E-state index in [1.165, 1.54) is 13.3 Å². The van der Waals surface area contributed by atoms with Crippen LogP contribution in [0.1, 0.15) is 34.6 Å². The van der Waals surface area contributed by atoms with Gasteiger partial charge >= 0.3 is 5.97 Å². The van der Waals surface area contributed by atoms with Gasteiger partial charge in [0.15, 0.2) is 0 Å². The summed E-state index contributed by atoms with van der Waals surface area (Å²) in [7, 11) is 1.52. The Bertz CT molecular complexity index is 1210. The number of hydrogen-bond acceptors (Lipinski definition) is 10. The van der Waals surface area contributed by atoms with E-state index in [1.54, 1.807) is 36.7 Å². The molecule has 188 valence electrons. The molecule has 0 radical (unpaired) electrons. The highest BCUT2D eigenvalue weighted by molar-refractivity contribution is 6.32. The lowest BCUT2D eigenvalue weighted by Gasteiger charge is -2.15. The lowest BCUT2D eigenvalue weighted by Crippen LogP contribution is -2.27. The molecule has 1 amide bonds. The molecule has 36 heavy (non-hydrogen) atoms. The summed E-state index contributed by atoms with van der Waals surface area (Å²) >= 11 is 6.20. The van der Waals surface area contributed by atoms with Crippen molar-refractivity contribution in [2.24, 2.45) is 0 Å². The van der Waals surface area contributed by atoms with Crippen LogP contribution < -0.4 is 20.7 Å². The number of aromatic nitrogens is 4. The molecule has 0 aliphatic rings. The van der Waals surface area contributed by atoms with Crippen molar-refractivity contribution in [3.05, 3.63) is 64.8 Å². The Morgan fingerprint density at radius 1 is 1.19 bits per heavy atom. The third kappa shape index (κ3) is 7.60. The molecule has 1 atom stereocenters. The van der Waals surface area contributed by atoms with E-state index in [2.05, 4.69) is 35.9 Å². The largest absolute Gasteiger partial charge is 0.495 e. The van der Waals surface area contributed by atoms with Gasteiger partial charge in [0.2, 0.25) is 5.95 Å². The molecule has 0 fully saturated rings. The molecule has 3 rings (SSSR count). The normalized spacial score (nSPS) is 11.3. The zero-order chi connectivity index (χ0) is 25.9. The van der Waals surface area contributed by atoms with E-state index >= 15 is 0 Å². The fourth-order valence-electron chi connectivity index (χ4n) is 3.05. The van der Waals surface area contributed by atoms with Crippen molar-refractivity contribution in [1.82, 2.24) is 25.3 Å². The summed E-state index contributed by atoms with van der Waals surface area (Å²) in [6, 6.07) is 6.09. The predicted molar refractivity (Wildman–Crippen MR) is 131 cm³/mol. The number of rotatable bonds is 13. The van der Waals surface area contributed by atoms with Crippen LogP contribution in [0.3, 0.4) is 0 Å². The van der Waals surface area contributed by atoms with Crippen LogP contribution in [0.15, 0.2) is 42.9 Å². The molecular formula is C23H24ClN7O5. The number of benzene rings is 1. The van der Waals surface area contributed by atoms with E-state index in [4.69, 9.17) is 21.4 Å². The number of ether oxygens (including phenoxy) is 1. The summed E-state index contributed by atoms with van der Waals surface area (Å²) in [5.74, 6) is -0.302. The molecule has 0 aliphatic carbocycles. The van der Waals surface area contributed by atoms with Gasteiger partial charge < -0.3 is 30.6 Å². The Balaban J connectivity index is 1.80. The third-order valence-electron chi connectivity index (χ3n) is 4.88. The van der Waals surface area contributed by atoms with E-state index in [0.717, 1.165) is 5.56 Å².